The second kappa shape index (κ2) is 26.4. The number of Topliss-reactive ketones (excluding diaryl/α,β-unsaturated/α-hetero) is 1. The first-order valence-electron chi connectivity index (χ1n) is 31.3. The highest BCUT2D eigenvalue weighted by molar-refractivity contribution is 6.75. The van der Waals surface area contributed by atoms with E-state index < -0.39 is 82.1 Å². The molecule has 1 N–H and O–H groups in total. The maximum absolute atomic E-state index is 15.0. The summed E-state index contributed by atoms with van der Waals surface area (Å²) in [5.74, 6) is -0.0473. The Bertz CT molecular complexity index is 2190. The minimum Gasteiger partial charge on any atom is -0.414 e. The third-order valence-electron chi connectivity index (χ3n) is 21.3. The summed E-state index contributed by atoms with van der Waals surface area (Å²) in [7, 11) is -7.79. The van der Waals surface area contributed by atoms with Crippen molar-refractivity contribution in [3.05, 3.63) is 36.5 Å². The summed E-state index contributed by atoms with van der Waals surface area (Å²) in [4.78, 5) is 28.9. The Morgan fingerprint density at radius 2 is 1.21 bits per heavy atom. The van der Waals surface area contributed by atoms with Gasteiger partial charge >= 0.3 is 0 Å². The predicted molar refractivity (Wildman–Crippen MR) is 335 cm³/mol. The number of carbonyl (C=O) groups excluding carboxylic acids is 2. The number of rotatable bonds is 12. The number of ketones is 2. The van der Waals surface area contributed by atoms with Crippen LogP contribution in [0.4, 0.5) is 0 Å². The largest absolute Gasteiger partial charge is 0.414 e. The normalized spacial score (nSPS) is 36.0. The van der Waals surface area contributed by atoms with Crippen LogP contribution in [0.2, 0.25) is 72.5 Å². The smallest absolute Gasteiger partial charge is 0.193 e. The molecule has 17 atom stereocenters. The van der Waals surface area contributed by atoms with E-state index in [2.05, 4.69) is 156 Å². The van der Waals surface area contributed by atoms with Gasteiger partial charge in [0.05, 0.1) is 73.8 Å². The molecule has 5 saturated heterocycles. The number of aliphatic hydroxyl groups excluding tert-OH is 1. The lowest BCUT2D eigenvalue weighted by molar-refractivity contribution is -0.269. The van der Waals surface area contributed by atoms with Gasteiger partial charge in [-0.1, -0.05) is 109 Å². The van der Waals surface area contributed by atoms with E-state index in [0.29, 0.717) is 51.6 Å². The average Bonchev–Trinajstić information content (AvgIpc) is 3.93. The average molecular weight is 1210 g/mol. The summed E-state index contributed by atoms with van der Waals surface area (Å²) in [6, 6.07) is 0. The second-order valence-electron chi connectivity index (χ2n) is 31.7. The lowest BCUT2D eigenvalue weighted by atomic mass is 9.81. The first-order valence-corrected chi connectivity index (χ1v) is 42.9. The molecule has 0 aliphatic carbocycles. The molecule has 0 aromatic rings. The van der Waals surface area contributed by atoms with Crippen LogP contribution in [0.5, 0.6) is 0 Å². The van der Waals surface area contributed by atoms with E-state index in [1.54, 1.807) is 13.2 Å². The van der Waals surface area contributed by atoms with E-state index in [1.165, 1.54) is 0 Å². The van der Waals surface area contributed by atoms with Gasteiger partial charge in [-0.05, 0) is 141 Å². The fourth-order valence-electron chi connectivity index (χ4n) is 11.8. The van der Waals surface area contributed by atoms with Crippen LogP contribution in [0.15, 0.2) is 36.5 Å². The van der Waals surface area contributed by atoms with Crippen LogP contribution in [-0.2, 0) is 55.7 Å². The molecular formula is C64H116O13Si4. The van der Waals surface area contributed by atoms with Gasteiger partial charge < -0.3 is 51.2 Å². The fraction of sp³-hybridized carbons (Fsp3) is 0.875. The van der Waals surface area contributed by atoms with Crippen molar-refractivity contribution in [3.63, 3.8) is 0 Å². The monoisotopic (exact) mass is 1200 g/mol. The SMILES string of the molecule is C=C1C2CC3OC(CC(CO[Si](C)(C)C(C)(C)C)O[Si](C)(C)C(C)(C)C)[C@H](OC)C3CC(=O)C[C@H]3CC[C@@H]4OC(C(O[Si](C)(C)C(C)(C)C)/C=C/C(=O)CCC5CC(=C)[C@H](CCC(C[C@H]1C)O2)O5)C(O[Si](C)(C)C(C)(C)C)[C@@H](O)C4O3. The maximum Gasteiger partial charge on any atom is 0.193 e. The van der Waals surface area contributed by atoms with E-state index in [9.17, 15) is 14.7 Å². The molecule has 0 aromatic heterocycles. The van der Waals surface area contributed by atoms with Gasteiger partial charge in [0.1, 0.15) is 30.2 Å². The number of ether oxygens (including phenoxy) is 6. The summed E-state index contributed by atoms with van der Waals surface area (Å²) in [6.45, 7) is 56.5. The molecule has 8 heterocycles. The molecular weight excluding hydrogens is 1090 g/mol. The Hall–Kier alpha value is -1.01. The number of carbonyl (C=O) groups is 2. The van der Waals surface area contributed by atoms with Crippen molar-refractivity contribution >= 4 is 44.8 Å². The van der Waals surface area contributed by atoms with Crippen molar-refractivity contribution in [3.8, 4) is 0 Å². The topological polar surface area (TPSA) is 147 Å². The van der Waals surface area contributed by atoms with E-state index >= 15 is 0 Å². The van der Waals surface area contributed by atoms with Gasteiger partial charge in [0.25, 0.3) is 0 Å². The van der Waals surface area contributed by atoms with Crippen LogP contribution in [0.3, 0.4) is 0 Å². The first-order chi connectivity index (χ1) is 37.0. The van der Waals surface area contributed by atoms with Crippen molar-refractivity contribution in [2.75, 3.05) is 13.7 Å². The summed E-state index contributed by atoms with van der Waals surface area (Å²) >= 11 is 0. The van der Waals surface area contributed by atoms with Crippen molar-refractivity contribution < 1.29 is 60.8 Å². The standard InChI is InChI=1S/C64H116O13Si4/c1-40-33-46-28-31-50-41(2)34-45(70-50)27-25-43(65)26-30-52(76-80(21,22)63(10,11)12)59-60(77-81(23,24)64(13,14)15)56(67)58-51(74-59)32-29-47(72-58)35-44(66)36-49-54(38-53(71-46)42(40)3)73-55(57(49)68-16)37-48(75-79(19,20)62(7,8)9)39-69-78(17,18)61(4,5)6/h26,30,40,45-60,67H,2-3,25,27-29,31-39H2,1,4-24H3/b30-26+/t40-,45?,46?,47-,48?,49?,50+,51+,52?,53?,54?,55?,56+,57-,58?,59?,60?/m1/s1. The van der Waals surface area contributed by atoms with Crippen LogP contribution >= 0.6 is 0 Å². The van der Waals surface area contributed by atoms with Crippen molar-refractivity contribution in [2.45, 2.75) is 331 Å². The molecule has 81 heavy (non-hydrogen) atoms. The Kier molecular flexibility index (Phi) is 22.5. The maximum atomic E-state index is 15.0. The van der Waals surface area contributed by atoms with E-state index in [-0.39, 0.29) is 99.1 Å². The number of fused-ring (bicyclic) bond motifs is 2. The molecule has 0 aromatic carbocycles. The third-order valence-corrected chi connectivity index (χ3v) is 39.3. The van der Waals surface area contributed by atoms with Gasteiger partial charge in [0.15, 0.2) is 39.1 Å². The van der Waals surface area contributed by atoms with Crippen LogP contribution in [0.1, 0.15) is 167 Å². The molecule has 11 unspecified atom stereocenters. The molecule has 0 amide bonds. The Balaban J connectivity index is 1.37. The molecule has 466 valence electrons. The van der Waals surface area contributed by atoms with Gasteiger partial charge in [-0.25, -0.2) is 0 Å². The van der Waals surface area contributed by atoms with Crippen LogP contribution < -0.4 is 0 Å². The molecule has 8 aliphatic rings. The highest BCUT2D eigenvalue weighted by Gasteiger charge is 2.56. The Labute approximate surface area is 496 Å². The number of aliphatic hydroxyl groups is 1. The second-order valence-corrected chi connectivity index (χ2v) is 50.8. The lowest BCUT2D eigenvalue weighted by Crippen LogP contribution is -2.67. The molecule has 0 saturated carbocycles. The van der Waals surface area contributed by atoms with Crippen LogP contribution in [-0.4, -0.2) is 155 Å². The first kappa shape index (κ1) is 69.1. The number of hydrogen-bond donors (Lipinski definition) is 1. The number of allylic oxidation sites excluding steroid dienone is 1. The van der Waals surface area contributed by atoms with Gasteiger partial charge in [-0.3, -0.25) is 9.59 Å². The molecule has 0 spiro atoms. The quantitative estimate of drug-likeness (QED) is 0.146. The molecule has 8 aliphatic heterocycles. The molecule has 8 bridgehead atoms. The van der Waals surface area contributed by atoms with Gasteiger partial charge in [-0.15, -0.1) is 0 Å². The minimum atomic E-state index is -2.58. The van der Waals surface area contributed by atoms with Crippen molar-refractivity contribution in [1.82, 2.24) is 0 Å². The zero-order valence-corrected chi connectivity index (χ0v) is 58.9. The van der Waals surface area contributed by atoms with Crippen LogP contribution in [0.25, 0.3) is 0 Å². The summed E-state index contributed by atoms with van der Waals surface area (Å²) in [6.07, 6.45) is 3.07. The fourth-order valence-corrected chi connectivity index (χ4v) is 16.8. The van der Waals surface area contributed by atoms with Crippen LogP contribution in [0, 0.1) is 11.8 Å². The van der Waals surface area contributed by atoms with E-state index in [1.807, 2.05) is 6.08 Å². The molecule has 0 radical (unpaired) electrons. The molecule has 8 rings (SSSR count). The molecule has 17 heteroatoms. The minimum absolute atomic E-state index is 0.0177. The summed E-state index contributed by atoms with van der Waals surface area (Å²) in [5, 5.41) is 12.5. The molecule has 13 nitrogen and oxygen atoms in total. The van der Waals surface area contributed by atoms with Crippen molar-refractivity contribution in [1.29, 1.82) is 0 Å². The van der Waals surface area contributed by atoms with Crippen molar-refractivity contribution in [2.24, 2.45) is 11.8 Å². The van der Waals surface area contributed by atoms with Gasteiger partial charge in [0, 0.05) is 45.1 Å². The third kappa shape index (κ3) is 17.0. The number of methoxy groups -OCH3 is 1. The van der Waals surface area contributed by atoms with E-state index in [0.717, 1.165) is 30.4 Å². The highest BCUT2D eigenvalue weighted by atomic mass is 28.4. The van der Waals surface area contributed by atoms with Gasteiger partial charge in [-0.2, -0.15) is 0 Å². The summed E-state index contributed by atoms with van der Waals surface area (Å²) < 4.78 is 70.4. The Morgan fingerprint density at radius 1 is 0.630 bits per heavy atom. The zero-order valence-electron chi connectivity index (χ0n) is 54.9. The molecule has 5 fully saturated rings. The lowest BCUT2D eigenvalue weighted by Gasteiger charge is -2.53. The number of hydrogen-bond acceptors (Lipinski definition) is 13. The summed E-state index contributed by atoms with van der Waals surface area (Å²) in [5.41, 5.74) is 2.10. The Morgan fingerprint density at radius 3 is 1.81 bits per heavy atom. The predicted octanol–water partition coefficient (Wildman–Crippen LogP) is 14.1. The van der Waals surface area contributed by atoms with Gasteiger partial charge in [0.2, 0.25) is 0 Å². The van der Waals surface area contributed by atoms with E-state index in [4.69, 9.17) is 46.1 Å². The highest BCUT2D eigenvalue weighted by Crippen LogP contribution is 2.47. The zero-order chi connectivity index (χ0) is 60.8.